The number of halogens is 4. The van der Waals surface area contributed by atoms with Gasteiger partial charge in [0.25, 0.3) is 0 Å². The second kappa shape index (κ2) is 6.80. The van der Waals surface area contributed by atoms with E-state index >= 15 is 0 Å². The molecule has 0 bridgehead atoms. The monoisotopic (exact) mass is 638 g/mol. The Bertz CT molecular complexity index is 462. The number of thiophene rings is 2. The SMILES string of the molecule is Brc1cc(SI)sc1-c1sc(SI)cc1Br. The van der Waals surface area contributed by atoms with Crippen LogP contribution in [0.3, 0.4) is 0 Å². The van der Waals surface area contributed by atoms with Gasteiger partial charge in [-0.15, -0.1) is 22.7 Å². The van der Waals surface area contributed by atoms with Crippen LogP contribution in [-0.4, -0.2) is 0 Å². The minimum Gasteiger partial charge on any atom is -0.126 e. The quantitative estimate of drug-likeness (QED) is 0.314. The van der Waals surface area contributed by atoms with E-state index in [9.17, 15) is 0 Å². The first-order valence-electron chi connectivity index (χ1n) is 3.82. The van der Waals surface area contributed by atoms with Crippen molar-refractivity contribution in [3.63, 3.8) is 0 Å². The molecule has 2 rings (SSSR count). The van der Waals surface area contributed by atoms with Crippen LogP contribution in [0.25, 0.3) is 9.75 Å². The maximum atomic E-state index is 3.63. The van der Waals surface area contributed by atoms with E-state index in [1.165, 1.54) is 27.1 Å². The Morgan fingerprint density at radius 1 is 0.875 bits per heavy atom. The molecule has 0 fully saturated rings. The van der Waals surface area contributed by atoms with Gasteiger partial charge < -0.3 is 0 Å². The van der Waals surface area contributed by atoms with E-state index in [0.717, 1.165) is 0 Å². The van der Waals surface area contributed by atoms with E-state index in [4.69, 9.17) is 0 Å². The Hall–Kier alpha value is 2.52. The predicted molar refractivity (Wildman–Crippen MR) is 103 cm³/mol. The minimum absolute atomic E-state index is 1.18. The lowest BCUT2D eigenvalue weighted by molar-refractivity contribution is 1.69. The van der Waals surface area contributed by atoms with Crippen molar-refractivity contribution in [2.24, 2.45) is 0 Å². The van der Waals surface area contributed by atoms with Gasteiger partial charge in [0, 0.05) is 51.4 Å². The lowest BCUT2D eigenvalue weighted by atomic mass is 10.4. The van der Waals surface area contributed by atoms with Gasteiger partial charge in [0.2, 0.25) is 0 Å². The average molecular weight is 640 g/mol. The van der Waals surface area contributed by atoms with Crippen LogP contribution in [0.1, 0.15) is 0 Å². The summed E-state index contributed by atoms with van der Waals surface area (Å²) in [6.07, 6.45) is 0. The van der Waals surface area contributed by atoms with Crippen LogP contribution in [0.2, 0.25) is 0 Å². The van der Waals surface area contributed by atoms with Crippen LogP contribution < -0.4 is 0 Å². The van der Waals surface area contributed by atoms with Crippen LogP contribution in [-0.2, 0) is 0 Å². The molecular weight excluding hydrogens is 638 g/mol. The molecule has 0 amide bonds. The van der Waals surface area contributed by atoms with Crippen molar-refractivity contribution < 1.29 is 0 Å². The summed E-state index contributed by atoms with van der Waals surface area (Å²) in [5.41, 5.74) is 0. The van der Waals surface area contributed by atoms with E-state index in [2.05, 4.69) is 86.4 Å². The zero-order chi connectivity index (χ0) is 11.7. The first kappa shape index (κ1) is 14.9. The van der Waals surface area contributed by atoms with Crippen LogP contribution in [0, 0.1) is 0 Å². The van der Waals surface area contributed by atoms with Gasteiger partial charge in [-0.1, -0.05) is 0 Å². The van der Waals surface area contributed by atoms with Crippen molar-refractivity contribution in [3.05, 3.63) is 21.1 Å². The molecule has 2 heterocycles. The van der Waals surface area contributed by atoms with E-state index in [-0.39, 0.29) is 0 Å². The van der Waals surface area contributed by atoms with Gasteiger partial charge in [-0.2, -0.15) is 0 Å². The molecule has 2 aromatic rings. The van der Waals surface area contributed by atoms with Crippen LogP contribution in [0.5, 0.6) is 0 Å². The van der Waals surface area contributed by atoms with Crippen molar-refractivity contribution in [2.45, 2.75) is 8.42 Å². The Balaban J connectivity index is 2.48. The molecule has 0 atom stereocenters. The van der Waals surface area contributed by atoms with E-state index < -0.39 is 0 Å². The summed E-state index contributed by atoms with van der Waals surface area (Å²) >= 11 is 15.6. The van der Waals surface area contributed by atoms with E-state index in [1.54, 1.807) is 17.9 Å². The number of hydrogen-bond donors (Lipinski definition) is 0. The zero-order valence-corrected chi connectivity index (χ0v) is 18.1. The zero-order valence-electron chi connectivity index (χ0n) is 7.30. The summed E-state index contributed by atoms with van der Waals surface area (Å²) < 4.78 is 5.02. The van der Waals surface area contributed by atoms with Gasteiger partial charge in [-0.3, -0.25) is 0 Å². The van der Waals surface area contributed by atoms with Crippen LogP contribution >= 0.6 is 115 Å². The largest absolute Gasteiger partial charge is 0.126 e. The lowest BCUT2D eigenvalue weighted by Crippen LogP contribution is -1.64. The summed E-state index contributed by atoms with van der Waals surface area (Å²) in [6.45, 7) is 0. The van der Waals surface area contributed by atoms with Gasteiger partial charge in [0.15, 0.2) is 0 Å². The van der Waals surface area contributed by atoms with Crippen molar-refractivity contribution >= 4 is 115 Å². The molecule has 0 aromatic carbocycles. The molecular formula is C8H2Br2I2S4. The molecule has 0 aliphatic rings. The molecule has 0 saturated carbocycles. The summed E-state index contributed by atoms with van der Waals surface area (Å²) in [5, 5.41) is 0. The van der Waals surface area contributed by atoms with Crippen molar-refractivity contribution in [3.8, 4) is 9.75 Å². The lowest BCUT2D eigenvalue weighted by Gasteiger charge is -1.94. The predicted octanol–water partition coefficient (Wildman–Crippen LogP) is 7.89. The highest BCUT2D eigenvalue weighted by atomic mass is 127. The van der Waals surface area contributed by atoms with Crippen molar-refractivity contribution in [1.29, 1.82) is 0 Å². The fraction of sp³-hybridized carbons (Fsp3) is 0. The topological polar surface area (TPSA) is 0 Å². The third kappa shape index (κ3) is 3.34. The minimum atomic E-state index is 1.18. The third-order valence-corrected chi connectivity index (χ3v) is 11.7. The molecule has 16 heavy (non-hydrogen) atoms. The number of hydrogen-bond acceptors (Lipinski definition) is 4. The molecule has 0 saturated heterocycles. The Morgan fingerprint density at radius 3 is 1.50 bits per heavy atom. The molecule has 0 N–H and O–H groups in total. The molecule has 0 unspecified atom stereocenters. The smallest absolute Gasteiger partial charge is 0.0720 e. The fourth-order valence-corrected chi connectivity index (χ4v) is 8.47. The van der Waals surface area contributed by atoms with Crippen molar-refractivity contribution in [1.82, 2.24) is 0 Å². The second-order valence-electron chi connectivity index (χ2n) is 2.64. The molecule has 0 radical (unpaired) electrons. The van der Waals surface area contributed by atoms with Gasteiger partial charge >= 0.3 is 0 Å². The molecule has 0 spiro atoms. The van der Waals surface area contributed by atoms with Gasteiger partial charge in [-0.05, 0) is 61.9 Å². The first-order chi connectivity index (χ1) is 7.65. The molecule has 8 heteroatoms. The normalized spacial score (nSPS) is 11.0. The van der Waals surface area contributed by atoms with E-state index in [0.29, 0.717) is 0 Å². The highest BCUT2D eigenvalue weighted by Gasteiger charge is 2.15. The number of rotatable bonds is 3. The summed E-state index contributed by atoms with van der Waals surface area (Å²) in [5.74, 6) is 0. The molecule has 2 aromatic heterocycles. The first-order valence-corrected chi connectivity index (χ1v) is 13.8. The third-order valence-electron chi connectivity index (χ3n) is 1.69. The molecule has 0 aliphatic carbocycles. The Kier molecular flexibility index (Phi) is 6.34. The van der Waals surface area contributed by atoms with Gasteiger partial charge in [0.1, 0.15) is 0 Å². The van der Waals surface area contributed by atoms with Crippen molar-refractivity contribution in [2.75, 3.05) is 0 Å². The Labute approximate surface area is 151 Å². The van der Waals surface area contributed by atoms with E-state index in [1.807, 2.05) is 22.7 Å². The summed E-state index contributed by atoms with van der Waals surface area (Å²) in [4.78, 5) is 2.63. The maximum absolute atomic E-state index is 3.63. The van der Waals surface area contributed by atoms with Crippen LogP contribution in [0.4, 0.5) is 0 Å². The van der Waals surface area contributed by atoms with Gasteiger partial charge in [-0.25, -0.2) is 0 Å². The highest BCUT2D eigenvalue weighted by Crippen LogP contribution is 2.49. The standard InChI is InChI=1S/C8H2Br2I2S4/c9-3-1-5(15-11)13-7(3)8-4(10)2-6(14-8)16-12/h1-2H. The summed E-state index contributed by atoms with van der Waals surface area (Å²) in [6, 6.07) is 4.36. The second-order valence-corrected chi connectivity index (χ2v) is 10.8. The fourth-order valence-electron chi connectivity index (χ4n) is 1.08. The maximum Gasteiger partial charge on any atom is 0.0720 e. The molecule has 0 aliphatic heterocycles. The molecule has 86 valence electrons. The summed E-state index contributed by atoms with van der Waals surface area (Å²) in [7, 11) is 3.52. The highest BCUT2D eigenvalue weighted by molar-refractivity contribution is 14.2. The Morgan fingerprint density at radius 2 is 1.25 bits per heavy atom. The average Bonchev–Trinajstić information content (AvgIpc) is 2.81. The van der Waals surface area contributed by atoms with Gasteiger partial charge in [0.05, 0.1) is 18.2 Å². The van der Waals surface area contributed by atoms with Crippen LogP contribution in [0.15, 0.2) is 29.5 Å². The molecule has 0 nitrogen and oxygen atoms in total.